The Morgan fingerprint density at radius 2 is 2.00 bits per heavy atom. The van der Waals surface area contributed by atoms with Crippen molar-refractivity contribution in [2.75, 3.05) is 13.2 Å². The van der Waals surface area contributed by atoms with Crippen LogP contribution in [0, 0.1) is 11.3 Å². The monoisotopic (exact) mass is 329 g/mol. The van der Waals surface area contributed by atoms with Crippen LogP contribution in [-0.4, -0.2) is 42.0 Å². The fourth-order valence-corrected chi connectivity index (χ4v) is 3.06. The zero-order valence-electron chi connectivity index (χ0n) is 15.0. The van der Waals surface area contributed by atoms with Gasteiger partial charge in [-0.3, -0.25) is 4.79 Å². The number of carboxylic acid groups (broad SMARTS) is 1. The lowest BCUT2D eigenvalue weighted by Crippen LogP contribution is -2.47. The van der Waals surface area contributed by atoms with Crippen molar-refractivity contribution in [2.24, 2.45) is 11.3 Å². The van der Waals surface area contributed by atoms with Crippen LogP contribution in [0.3, 0.4) is 0 Å². The topological polar surface area (TPSA) is 84.9 Å². The van der Waals surface area contributed by atoms with Crippen LogP contribution < -0.4 is 5.32 Å². The summed E-state index contributed by atoms with van der Waals surface area (Å²) in [6, 6.07) is 0. The minimum absolute atomic E-state index is 0.0507. The van der Waals surface area contributed by atoms with Gasteiger partial charge in [-0.05, 0) is 52.4 Å². The number of carbonyl (C=O) groups excluding carboxylic acids is 1. The summed E-state index contributed by atoms with van der Waals surface area (Å²) >= 11 is 0. The lowest BCUT2D eigenvalue weighted by Gasteiger charge is -2.33. The van der Waals surface area contributed by atoms with Gasteiger partial charge in [0, 0.05) is 13.2 Å². The predicted octanol–water partition coefficient (Wildman–Crippen LogP) is 3.20. The van der Waals surface area contributed by atoms with E-state index in [9.17, 15) is 14.7 Å². The summed E-state index contributed by atoms with van der Waals surface area (Å²) in [6.07, 6.45) is 2.10. The van der Waals surface area contributed by atoms with Gasteiger partial charge >= 0.3 is 12.1 Å². The first-order valence-electron chi connectivity index (χ1n) is 8.36. The molecule has 1 amide bonds. The fraction of sp³-hybridized carbons (Fsp3) is 0.882. The number of aliphatic carboxylic acids is 1. The Hall–Kier alpha value is -1.30. The normalized spacial score (nSPS) is 21.0. The van der Waals surface area contributed by atoms with Gasteiger partial charge in [-0.25, -0.2) is 4.79 Å². The number of ether oxygens (including phenoxy) is 2. The van der Waals surface area contributed by atoms with Crippen molar-refractivity contribution in [1.82, 2.24) is 5.32 Å². The Morgan fingerprint density at radius 1 is 1.35 bits per heavy atom. The smallest absolute Gasteiger partial charge is 0.407 e. The molecular weight excluding hydrogens is 298 g/mol. The quantitative estimate of drug-likeness (QED) is 0.749. The Kier molecular flexibility index (Phi) is 6.86. The third kappa shape index (κ3) is 6.77. The zero-order chi connectivity index (χ0) is 17.7. The second kappa shape index (κ2) is 7.99. The molecule has 2 atom stereocenters. The Balaban J connectivity index is 2.79. The minimum Gasteiger partial charge on any atom is -0.481 e. The standard InChI is InChI=1S/C17H31NO5/c1-12(2)9-17(14(19)20,10-13-7-6-8-22-13)11-18-15(21)23-16(3,4)5/h12-13H,6-11H2,1-5H3,(H,18,21)(H,19,20). The first-order valence-corrected chi connectivity index (χ1v) is 8.36. The van der Waals surface area contributed by atoms with E-state index in [-0.39, 0.29) is 18.6 Å². The van der Waals surface area contributed by atoms with Gasteiger partial charge in [0.15, 0.2) is 0 Å². The van der Waals surface area contributed by atoms with Gasteiger partial charge in [0.1, 0.15) is 5.60 Å². The molecule has 0 radical (unpaired) electrons. The van der Waals surface area contributed by atoms with Crippen LogP contribution in [0.5, 0.6) is 0 Å². The highest BCUT2D eigenvalue weighted by Crippen LogP contribution is 2.35. The number of rotatable bonds is 7. The van der Waals surface area contributed by atoms with Crippen molar-refractivity contribution in [3.8, 4) is 0 Å². The third-order valence-electron chi connectivity index (χ3n) is 3.87. The molecule has 2 N–H and O–H groups in total. The molecule has 1 saturated heterocycles. The average Bonchev–Trinajstić information content (AvgIpc) is 2.85. The molecule has 0 aromatic heterocycles. The van der Waals surface area contributed by atoms with Crippen LogP contribution in [0.2, 0.25) is 0 Å². The largest absolute Gasteiger partial charge is 0.481 e. The molecule has 0 bridgehead atoms. The maximum Gasteiger partial charge on any atom is 0.407 e. The van der Waals surface area contributed by atoms with E-state index in [1.165, 1.54) is 0 Å². The Labute approximate surface area is 138 Å². The van der Waals surface area contributed by atoms with Gasteiger partial charge in [-0.2, -0.15) is 0 Å². The molecular formula is C17H31NO5. The first-order chi connectivity index (χ1) is 10.5. The molecule has 0 aromatic rings. The summed E-state index contributed by atoms with van der Waals surface area (Å²) in [5.74, 6) is -0.689. The molecule has 1 heterocycles. The van der Waals surface area contributed by atoms with E-state index >= 15 is 0 Å². The van der Waals surface area contributed by atoms with Gasteiger partial charge in [0.05, 0.1) is 11.5 Å². The molecule has 6 nitrogen and oxygen atoms in total. The van der Waals surface area contributed by atoms with Crippen molar-refractivity contribution >= 4 is 12.1 Å². The van der Waals surface area contributed by atoms with Crippen LogP contribution >= 0.6 is 0 Å². The SMILES string of the molecule is CC(C)CC(CNC(=O)OC(C)(C)C)(CC1CCCO1)C(=O)O. The van der Waals surface area contributed by atoms with E-state index in [0.717, 1.165) is 12.8 Å². The van der Waals surface area contributed by atoms with Gasteiger partial charge in [-0.1, -0.05) is 13.8 Å². The summed E-state index contributed by atoms with van der Waals surface area (Å²) in [5, 5.41) is 12.5. The average molecular weight is 329 g/mol. The van der Waals surface area contributed by atoms with Crippen LogP contribution in [-0.2, 0) is 14.3 Å². The van der Waals surface area contributed by atoms with Crippen molar-refractivity contribution in [3.05, 3.63) is 0 Å². The van der Waals surface area contributed by atoms with E-state index in [2.05, 4.69) is 5.32 Å². The maximum atomic E-state index is 12.0. The third-order valence-corrected chi connectivity index (χ3v) is 3.87. The molecule has 0 saturated carbocycles. The summed E-state index contributed by atoms with van der Waals surface area (Å²) in [4.78, 5) is 23.9. The van der Waals surface area contributed by atoms with Gasteiger partial charge in [0.2, 0.25) is 0 Å². The number of nitrogens with one attached hydrogen (secondary N) is 1. The van der Waals surface area contributed by atoms with E-state index in [0.29, 0.717) is 19.4 Å². The molecule has 1 rings (SSSR count). The number of carboxylic acids is 1. The number of alkyl carbamates (subject to hydrolysis) is 1. The molecule has 0 aliphatic carbocycles. The number of hydrogen-bond donors (Lipinski definition) is 2. The molecule has 0 spiro atoms. The highest BCUT2D eigenvalue weighted by molar-refractivity contribution is 5.76. The fourth-order valence-electron chi connectivity index (χ4n) is 3.06. The lowest BCUT2D eigenvalue weighted by atomic mass is 9.75. The van der Waals surface area contributed by atoms with E-state index < -0.39 is 23.1 Å². The first kappa shape index (κ1) is 19.7. The molecule has 134 valence electrons. The molecule has 1 fully saturated rings. The molecule has 23 heavy (non-hydrogen) atoms. The lowest BCUT2D eigenvalue weighted by molar-refractivity contribution is -0.152. The summed E-state index contributed by atoms with van der Waals surface area (Å²) < 4.78 is 10.8. The second-order valence-electron chi connectivity index (χ2n) is 7.88. The predicted molar refractivity (Wildman–Crippen MR) is 87.4 cm³/mol. The van der Waals surface area contributed by atoms with Crippen LogP contribution in [0.1, 0.15) is 60.3 Å². The van der Waals surface area contributed by atoms with Gasteiger partial charge in [-0.15, -0.1) is 0 Å². The molecule has 1 aliphatic rings. The second-order valence-corrected chi connectivity index (χ2v) is 7.88. The Bertz CT molecular complexity index is 410. The van der Waals surface area contributed by atoms with E-state index in [1.54, 1.807) is 20.8 Å². The van der Waals surface area contributed by atoms with E-state index in [4.69, 9.17) is 9.47 Å². The number of carbonyl (C=O) groups is 2. The van der Waals surface area contributed by atoms with Crippen LogP contribution in [0.25, 0.3) is 0 Å². The van der Waals surface area contributed by atoms with Gasteiger partial charge in [0.25, 0.3) is 0 Å². The molecule has 0 aromatic carbocycles. The van der Waals surface area contributed by atoms with Crippen molar-refractivity contribution in [1.29, 1.82) is 0 Å². The Morgan fingerprint density at radius 3 is 2.43 bits per heavy atom. The summed E-state index contributed by atoms with van der Waals surface area (Å²) in [6.45, 7) is 10.0. The van der Waals surface area contributed by atoms with Crippen molar-refractivity contribution < 1.29 is 24.2 Å². The van der Waals surface area contributed by atoms with Crippen molar-refractivity contribution in [2.45, 2.75) is 72.0 Å². The minimum atomic E-state index is -1.03. The highest BCUT2D eigenvalue weighted by atomic mass is 16.6. The number of hydrogen-bond acceptors (Lipinski definition) is 4. The molecule has 2 unspecified atom stereocenters. The van der Waals surface area contributed by atoms with E-state index in [1.807, 2.05) is 13.8 Å². The number of amides is 1. The summed E-state index contributed by atoms with van der Waals surface area (Å²) in [5.41, 5.74) is -1.64. The summed E-state index contributed by atoms with van der Waals surface area (Å²) in [7, 11) is 0. The van der Waals surface area contributed by atoms with Gasteiger partial charge < -0.3 is 19.9 Å². The molecule has 6 heteroatoms. The highest BCUT2D eigenvalue weighted by Gasteiger charge is 2.42. The van der Waals surface area contributed by atoms with Crippen LogP contribution in [0.15, 0.2) is 0 Å². The zero-order valence-corrected chi connectivity index (χ0v) is 15.0. The van der Waals surface area contributed by atoms with Crippen LogP contribution in [0.4, 0.5) is 4.79 Å². The maximum absolute atomic E-state index is 12.0. The van der Waals surface area contributed by atoms with Crippen molar-refractivity contribution in [3.63, 3.8) is 0 Å². The molecule has 1 aliphatic heterocycles.